The van der Waals surface area contributed by atoms with Crippen molar-refractivity contribution in [3.05, 3.63) is 0 Å². The van der Waals surface area contributed by atoms with Gasteiger partial charge >= 0.3 is 5.97 Å². The Morgan fingerprint density at radius 3 is 2.38 bits per heavy atom. The Labute approximate surface area is 99.0 Å². The van der Waals surface area contributed by atoms with Crippen LogP contribution in [0.2, 0.25) is 0 Å². The highest BCUT2D eigenvalue weighted by molar-refractivity contribution is 5.70. The van der Waals surface area contributed by atoms with Crippen LogP contribution in [0.25, 0.3) is 0 Å². The molecule has 0 radical (unpaired) electrons. The summed E-state index contributed by atoms with van der Waals surface area (Å²) in [6.07, 6.45) is 1.16. The summed E-state index contributed by atoms with van der Waals surface area (Å²) in [5, 5.41) is 12.1. The molecule has 0 amide bonds. The van der Waals surface area contributed by atoms with Crippen LogP contribution in [0.3, 0.4) is 0 Å². The van der Waals surface area contributed by atoms with E-state index in [4.69, 9.17) is 5.11 Å². The summed E-state index contributed by atoms with van der Waals surface area (Å²) < 4.78 is 0. The molecule has 0 aliphatic rings. The lowest BCUT2D eigenvalue weighted by atomic mass is 10.0. The number of hydrogen-bond acceptors (Lipinski definition) is 3. The second-order valence-corrected chi connectivity index (χ2v) is 4.30. The van der Waals surface area contributed by atoms with Gasteiger partial charge in [-0.1, -0.05) is 20.8 Å². The van der Waals surface area contributed by atoms with Crippen molar-refractivity contribution >= 4 is 5.97 Å². The summed E-state index contributed by atoms with van der Waals surface area (Å²) in [5.41, 5.74) is 0. The van der Waals surface area contributed by atoms with Gasteiger partial charge in [0.25, 0.3) is 0 Å². The average molecular weight is 230 g/mol. The maximum absolute atomic E-state index is 10.7. The minimum Gasteiger partial charge on any atom is -0.481 e. The van der Waals surface area contributed by atoms with Crippen molar-refractivity contribution in [2.75, 3.05) is 26.2 Å². The van der Waals surface area contributed by atoms with Gasteiger partial charge in [-0.05, 0) is 26.4 Å². The zero-order valence-electron chi connectivity index (χ0n) is 11.0. The zero-order chi connectivity index (χ0) is 12.6. The molecule has 0 aromatic heterocycles. The van der Waals surface area contributed by atoms with Crippen LogP contribution < -0.4 is 5.32 Å². The predicted molar refractivity (Wildman–Crippen MR) is 66.7 cm³/mol. The molecule has 2 unspecified atom stereocenters. The first-order valence-electron chi connectivity index (χ1n) is 6.21. The van der Waals surface area contributed by atoms with E-state index in [-0.39, 0.29) is 12.0 Å². The third-order valence-electron chi connectivity index (χ3n) is 3.02. The first kappa shape index (κ1) is 15.4. The Morgan fingerprint density at radius 1 is 1.31 bits per heavy atom. The van der Waals surface area contributed by atoms with Crippen molar-refractivity contribution in [2.24, 2.45) is 5.92 Å². The van der Waals surface area contributed by atoms with E-state index >= 15 is 0 Å². The highest BCUT2D eigenvalue weighted by atomic mass is 16.4. The molecule has 0 rings (SSSR count). The fourth-order valence-corrected chi connectivity index (χ4v) is 1.59. The quantitative estimate of drug-likeness (QED) is 0.629. The lowest BCUT2D eigenvalue weighted by Crippen LogP contribution is -2.41. The van der Waals surface area contributed by atoms with Crippen LogP contribution >= 0.6 is 0 Å². The smallest absolute Gasteiger partial charge is 0.307 e. The summed E-state index contributed by atoms with van der Waals surface area (Å²) in [6, 6.07) is 0.0258. The van der Waals surface area contributed by atoms with E-state index in [2.05, 4.69) is 24.1 Å². The summed E-state index contributed by atoms with van der Waals surface area (Å²) in [5.74, 6) is -1.07. The van der Waals surface area contributed by atoms with E-state index in [0.717, 1.165) is 32.6 Å². The molecule has 96 valence electrons. The van der Waals surface area contributed by atoms with E-state index < -0.39 is 5.97 Å². The van der Waals surface area contributed by atoms with Crippen LogP contribution in [0, 0.1) is 5.92 Å². The zero-order valence-corrected chi connectivity index (χ0v) is 11.0. The van der Waals surface area contributed by atoms with Gasteiger partial charge in [0.15, 0.2) is 0 Å². The number of rotatable bonds is 9. The van der Waals surface area contributed by atoms with Gasteiger partial charge in [-0.25, -0.2) is 0 Å². The molecule has 0 bridgehead atoms. The predicted octanol–water partition coefficient (Wildman–Crippen LogP) is 1.42. The van der Waals surface area contributed by atoms with E-state index in [1.807, 2.05) is 6.92 Å². The molecule has 0 fully saturated rings. The number of hydrogen-bond donors (Lipinski definition) is 2. The van der Waals surface area contributed by atoms with Gasteiger partial charge < -0.3 is 15.3 Å². The molecule has 0 aromatic rings. The SMILES string of the molecule is CCCN(CC)CCNC(C)C(C)C(=O)O. The normalized spacial score (nSPS) is 15.1. The van der Waals surface area contributed by atoms with Gasteiger partial charge in [-0.3, -0.25) is 4.79 Å². The van der Waals surface area contributed by atoms with Crippen LogP contribution in [-0.4, -0.2) is 48.2 Å². The highest BCUT2D eigenvalue weighted by Crippen LogP contribution is 2.01. The maximum atomic E-state index is 10.7. The van der Waals surface area contributed by atoms with Crippen molar-refractivity contribution in [2.45, 2.75) is 40.2 Å². The van der Waals surface area contributed by atoms with Gasteiger partial charge in [0.2, 0.25) is 0 Å². The number of nitrogens with one attached hydrogen (secondary N) is 1. The molecule has 0 saturated carbocycles. The number of nitrogens with zero attached hydrogens (tertiary/aromatic N) is 1. The van der Waals surface area contributed by atoms with E-state index in [1.54, 1.807) is 6.92 Å². The molecular weight excluding hydrogens is 204 g/mol. The maximum Gasteiger partial charge on any atom is 0.307 e. The molecule has 4 heteroatoms. The molecule has 0 aliphatic heterocycles. The minimum absolute atomic E-state index is 0.0258. The molecular formula is C12H26N2O2. The Hall–Kier alpha value is -0.610. The van der Waals surface area contributed by atoms with Gasteiger partial charge in [-0.2, -0.15) is 0 Å². The Kier molecular flexibility index (Phi) is 8.21. The molecule has 0 aliphatic carbocycles. The van der Waals surface area contributed by atoms with Gasteiger partial charge in [0, 0.05) is 19.1 Å². The minimum atomic E-state index is -0.735. The first-order valence-corrected chi connectivity index (χ1v) is 6.21. The fraction of sp³-hybridized carbons (Fsp3) is 0.917. The third-order valence-corrected chi connectivity index (χ3v) is 3.02. The van der Waals surface area contributed by atoms with Crippen molar-refractivity contribution in [1.82, 2.24) is 10.2 Å². The second kappa shape index (κ2) is 8.53. The molecule has 2 atom stereocenters. The lowest BCUT2D eigenvalue weighted by molar-refractivity contribution is -0.141. The fourth-order valence-electron chi connectivity index (χ4n) is 1.59. The molecule has 16 heavy (non-hydrogen) atoms. The second-order valence-electron chi connectivity index (χ2n) is 4.30. The van der Waals surface area contributed by atoms with E-state index in [0.29, 0.717) is 0 Å². The molecule has 2 N–H and O–H groups in total. The summed E-state index contributed by atoms with van der Waals surface area (Å²) in [6.45, 7) is 12.0. The van der Waals surface area contributed by atoms with Gasteiger partial charge in [0.1, 0.15) is 0 Å². The summed E-state index contributed by atoms with van der Waals surface area (Å²) >= 11 is 0. The van der Waals surface area contributed by atoms with Crippen LogP contribution in [0.1, 0.15) is 34.1 Å². The Bertz CT molecular complexity index is 197. The monoisotopic (exact) mass is 230 g/mol. The molecule has 0 heterocycles. The molecule has 0 aromatic carbocycles. The lowest BCUT2D eigenvalue weighted by Gasteiger charge is -2.22. The van der Waals surface area contributed by atoms with Gasteiger partial charge in [0.05, 0.1) is 5.92 Å². The standard InChI is InChI=1S/C12H26N2O2/c1-5-8-14(6-2)9-7-13-11(4)10(3)12(15)16/h10-11,13H,5-9H2,1-4H3,(H,15,16). The number of likely N-dealkylation sites (N-methyl/N-ethyl adjacent to an activating group) is 1. The highest BCUT2D eigenvalue weighted by Gasteiger charge is 2.18. The largest absolute Gasteiger partial charge is 0.481 e. The summed E-state index contributed by atoms with van der Waals surface area (Å²) in [7, 11) is 0. The van der Waals surface area contributed by atoms with E-state index in [1.165, 1.54) is 0 Å². The molecule has 4 nitrogen and oxygen atoms in total. The number of carboxylic acids is 1. The van der Waals surface area contributed by atoms with Crippen molar-refractivity contribution in [3.8, 4) is 0 Å². The average Bonchev–Trinajstić information content (AvgIpc) is 2.26. The van der Waals surface area contributed by atoms with E-state index in [9.17, 15) is 4.79 Å². The van der Waals surface area contributed by atoms with Crippen molar-refractivity contribution in [3.63, 3.8) is 0 Å². The Morgan fingerprint density at radius 2 is 1.94 bits per heavy atom. The van der Waals surface area contributed by atoms with Gasteiger partial charge in [-0.15, -0.1) is 0 Å². The first-order chi connectivity index (χ1) is 7.52. The molecule has 0 saturated heterocycles. The number of carboxylic acid groups (broad SMARTS) is 1. The van der Waals surface area contributed by atoms with Crippen molar-refractivity contribution in [1.29, 1.82) is 0 Å². The third kappa shape index (κ3) is 6.08. The van der Waals surface area contributed by atoms with Crippen molar-refractivity contribution < 1.29 is 9.90 Å². The topological polar surface area (TPSA) is 52.6 Å². The van der Waals surface area contributed by atoms with Crippen LogP contribution in [-0.2, 0) is 4.79 Å². The summed E-state index contributed by atoms with van der Waals surface area (Å²) in [4.78, 5) is 13.1. The van der Waals surface area contributed by atoms with Crippen LogP contribution in [0.5, 0.6) is 0 Å². The van der Waals surface area contributed by atoms with Crippen LogP contribution in [0.4, 0.5) is 0 Å². The van der Waals surface area contributed by atoms with Crippen LogP contribution in [0.15, 0.2) is 0 Å². The Balaban J connectivity index is 3.75. The number of aliphatic carboxylic acids is 1. The molecule has 0 spiro atoms. The number of carbonyl (C=O) groups is 1.